The van der Waals surface area contributed by atoms with Gasteiger partial charge in [-0.1, -0.05) is 12.1 Å². The molecule has 0 atom stereocenters. The van der Waals surface area contributed by atoms with Crippen LogP contribution >= 0.6 is 11.6 Å². The molecule has 6 nitrogen and oxygen atoms in total. The molecular weight excluding hydrogens is 357 g/mol. The third-order valence-electron chi connectivity index (χ3n) is 4.99. The number of hydrogen-bond acceptors (Lipinski definition) is 6. The van der Waals surface area contributed by atoms with Gasteiger partial charge in [0.2, 0.25) is 11.2 Å². The molecule has 0 N–H and O–H groups in total. The van der Waals surface area contributed by atoms with E-state index in [1.807, 2.05) is 0 Å². The second-order valence-corrected chi connectivity index (χ2v) is 6.94. The number of benzene rings is 1. The minimum absolute atomic E-state index is 0.129. The first-order valence-corrected chi connectivity index (χ1v) is 9.31. The predicted octanol–water partition coefficient (Wildman–Crippen LogP) is 2.63. The molecule has 0 unspecified atom stereocenters. The van der Waals surface area contributed by atoms with E-state index in [9.17, 15) is 4.39 Å². The fourth-order valence-electron chi connectivity index (χ4n) is 3.61. The summed E-state index contributed by atoms with van der Waals surface area (Å²) in [6.07, 6.45) is 2.11. The average molecular weight is 378 g/mol. The molecule has 0 saturated carbocycles. The summed E-state index contributed by atoms with van der Waals surface area (Å²) in [5.41, 5.74) is 0.596. The van der Waals surface area contributed by atoms with Crippen LogP contribution in [0.25, 0.3) is 11.4 Å². The molecule has 2 aliphatic rings. The van der Waals surface area contributed by atoms with E-state index in [-0.39, 0.29) is 11.1 Å². The Hall–Kier alpha value is -1.83. The van der Waals surface area contributed by atoms with Crippen molar-refractivity contribution in [3.63, 3.8) is 0 Å². The number of rotatable bonds is 3. The highest BCUT2D eigenvalue weighted by atomic mass is 35.5. The van der Waals surface area contributed by atoms with E-state index in [0.717, 1.165) is 52.2 Å². The Morgan fingerprint density at radius 1 is 1.04 bits per heavy atom. The molecule has 138 valence electrons. The quantitative estimate of drug-likeness (QED) is 0.819. The highest BCUT2D eigenvalue weighted by Crippen LogP contribution is 2.24. The lowest BCUT2D eigenvalue weighted by Crippen LogP contribution is -2.49. The molecule has 0 spiro atoms. The van der Waals surface area contributed by atoms with Gasteiger partial charge in [0, 0.05) is 37.8 Å². The highest BCUT2D eigenvalue weighted by molar-refractivity contribution is 6.28. The number of nitrogens with zero attached hydrogens (tertiary/aromatic N) is 5. The molecule has 0 aliphatic carbocycles. The summed E-state index contributed by atoms with van der Waals surface area (Å²) >= 11 is 6.10. The number of aromatic nitrogens is 3. The van der Waals surface area contributed by atoms with E-state index >= 15 is 0 Å². The van der Waals surface area contributed by atoms with Crippen molar-refractivity contribution in [2.75, 3.05) is 44.3 Å². The monoisotopic (exact) mass is 377 g/mol. The maximum atomic E-state index is 13.5. The van der Waals surface area contributed by atoms with Crippen LogP contribution in [0, 0.1) is 5.82 Å². The van der Waals surface area contributed by atoms with Crippen LogP contribution in [0.2, 0.25) is 5.28 Å². The Kier molecular flexibility index (Phi) is 5.28. The highest BCUT2D eigenvalue weighted by Gasteiger charge is 2.27. The van der Waals surface area contributed by atoms with Crippen molar-refractivity contribution >= 4 is 17.5 Å². The minimum atomic E-state index is -0.327. The van der Waals surface area contributed by atoms with E-state index in [1.165, 1.54) is 12.1 Å². The normalized spacial score (nSPS) is 19.7. The van der Waals surface area contributed by atoms with Gasteiger partial charge in [0.05, 0.1) is 13.2 Å². The number of morpholine rings is 1. The summed E-state index contributed by atoms with van der Waals surface area (Å²) in [7, 11) is 0. The fourth-order valence-corrected chi connectivity index (χ4v) is 3.77. The van der Waals surface area contributed by atoms with Gasteiger partial charge in [0.1, 0.15) is 5.82 Å². The lowest BCUT2D eigenvalue weighted by atomic mass is 10.0. The summed E-state index contributed by atoms with van der Waals surface area (Å²) in [5, 5.41) is 0.129. The number of piperidine rings is 1. The van der Waals surface area contributed by atoms with Gasteiger partial charge in [-0.2, -0.15) is 15.0 Å². The minimum Gasteiger partial charge on any atom is -0.379 e. The third kappa shape index (κ3) is 3.95. The van der Waals surface area contributed by atoms with Gasteiger partial charge in [-0.05, 0) is 36.6 Å². The van der Waals surface area contributed by atoms with Gasteiger partial charge in [-0.25, -0.2) is 4.39 Å². The Labute approximate surface area is 157 Å². The number of ether oxygens (including phenoxy) is 1. The van der Waals surface area contributed by atoms with Gasteiger partial charge in [-0.15, -0.1) is 0 Å². The zero-order valence-corrected chi connectivity index (χ0v) is 15.2. The standard InChI is InChI=1S/C18H21ClFN5O/c19-17-21-16(13-2-1-3-14(20)12-13)22-18(23-17)25-6-4-15(5-7-25)24-8-10-26-11-9-24/h1-3,12,15H,4-11H2. The van der Waals surface area contributed by atoms with E-state index in [2.05, 4.69) is 24.8 Å². The smallest absolute Gasteiger partial charge is 0.230 e. The second kappa shape index (κ2) is 7.82. The van der Waals surface area contributed by atoms with Crippen molar-refractivity contribution in [2.24, 2.45) is 0 Å². The molecule has 0 amide bonds. The molecule has 1 aromatic carbocycles. The molecular formula is C18H21ClFN5O. The van der Waals surface area contributed by atoms with E-state index < -0.39 is 0 Å². The maximum Gasteiger partial charge on any atom is 0.230 e. The second-order valence-electron chi connectivity index (χ2n) is 6.60. The SMILES string of the molecule is Fc1cccc(-c2nc(Cl)nc(N3CCC(N4CCOCC4)CC3)n2)c1. The Balaban J connectivity index is 1.48. The van der Waals surface area contributed by atoms with Crippen molar-refractivity contribution in [2.45, 2.75) is 18.9 Å². The predicted molar refractivity (Wildman–Crippen MR) is 97.9 cm³/mol. The topological polar surface area (TPSA) is 54.4 Å². The van der Waals surface area contributed by atoms with Gasteiger partial charge in [0.15, 0.2) is 5.82 Å². The van der Waals surface area contributed by atoms with Crippen LogP contribution in [0.5, 0.6) is 0 Å². The number of halogens is 2. The maximum absolute atomic E-state index is 13.5. The molecule has 4 rings (SSSR count). The zero-order chi connectivity index (χ0) is 17.9. The Bertz CT molecular complexity index is 763. The van der Waals surface area contributed by atoms with Crippen molar-refractivity contribution in [1.29, 1.82) is 0 Å². The van der Waals surface area contributed by atoms with E-state index in [4.69, 9.17) is 16.3 Å². The lowest BCUT2D eigenvalue weighted by Gasteiger charge is -2.40. The van der Waals surface area contributed by atoms with Crippen LogP contribution < -0.4 is 4.90 Å². The van der Waals surface area contributed by atoms with Crippen molar-refractivity contribution in [1.82, 2.24) is 19.9 Å². The molecule has 0 bridgehead atoms. The first-order valence-electron chi connectivity index (χ1n) is 8.93. The summed E-state index contributed by atoms with van der Waals surface area (Å²) in [6.45, 7) is 5.38. The molecule has 8 heteroatoms. The number of hydrogen-bond donors (Lipinski definition) is 0. The molecule has 2 aromatic rings. The van der Waals surface area contributed by atoms with Gasteiger partial charge < -0.3 is 9.64 Å². The fraction of sp³-hybridized carbons (Fsp3) is 0.500. The van der Waals surface area contributed by atoms with Gasteiger partial charge >= 0.3 is 0 Å². The lowest BCUT2D eigenvalue weighted by molar-refractivity contribution is 0.0114. The molecule has 2 saturated heterocycles. The molecule has 26 heavy (non-hydrogen) atoms. The van der Waals surface area contributed by atoms with Crippen LogP contribution in [-0.4, -0.2) is 65.3 Å². The Morgan fingerprint density at radius 2 is 1.81 bits per heavy atom. The van der Waals surface area contributed by atoms with Crippen molar-refractivity contribution in [3.8, 4) is 11.4 Å². The van der Waals surface area contributed by atoms with Crippen molar-refractivity contribution < 1.29 is 9.13 Å². The summed E-state index contributed by atoms with van der Waals surface area (Å²) in [4.78, 5) is 17.6. The molecule has 3 heterocycles. The van der Waals surface area contributed by atoms with Crippen LogP contribution in [0.15, 0.2) is 24.3 Å². The first kappa shape index (κ1) is 17.6. The van der Waals surface area contributed by atoms with Crippen LogP contribution in [0.3, 0.4) is 0 Å². The largest absolute Gasteiger partial charge is 0.379 e. The van der Waals surface area contributed by atoms with Crippen LogP contribution in [-0.2, 0) is 4.74 Å². The van der Waals surface area contributed by atoms with Gasteiger partial charge in [0.25, 0.3) is 0 Å². The van der Waals surface area contributed by atoms with E-state index in [1.54, 1.807) is 12.1 Å². The van der Waals surface area contributed by atoms with Gasteiger partial charge in [-0.3, -0.25) is 4.90 Å². The van der Waals surface area contributed by atoms with Crippen molar-refractivity contribution in [3.05, 3.63) is 35.4 Å². The molecule has 2 fully saturated rings. The summed E-state index contributed by atoms with van der Waals surface area (Å²) < 4.78 is 18.9. The third-order valence-corrected chi connectivity index (χ3v) is 5.16. The van der Waals surface area contributed by atoms with Crippen LogP contribution in [0.1, 0.15) is 12.8 Å². The molecule has 1 aromatic heterocycles. The summed E-state index contributed by atoms with van der Waals surface area (Å²) in [6, 6.07) is 6.78. The first-order chi connectivity index (χ1) is 12.7. The molecule has 0 radical (unpaired) electrons. The average Bonchev–Trinajstić information content (AvgIpc) is 2.68. The Morgan fingerprint density at radius 3 is 2.54 bits per heavy atom. The van der Waals surface area contributed by atoms with Crippen LogP contribution in [0.4, 0.5) is 10.3 Å². The zero-order valence-electron chi connectivity index (χ0n) is 14.4. The summed E-state index contributed by atoms with van der Waals surface area (Å²) in [5.74, 6) is 0.631. The number of anilines is 1. The van der Waals surface area contributed by atoms with E-state index in [0.29, 0.717) is 23.4 Å². The molecule has 2 aliphatic heterocycles.